The molecule has 0 amide bonds. The van der Waals surface area contributed by atoms with Crippen molar-refractivity contribution in [2.24, 2.45) is 0 Å². The van der Waals surface area contributed by atoms with E-state index in [9.17, 15) is 5.11 Å². The molecule has 3 heteroatoms. The molecule has 1 unspecified atom stereocenters. The second-order valence-corrected chi connectivity index (χ2v) is 3.92. The monoisotopic (exact) mass is 216 g/mol. The summed E-state index contributed by atoms with van der Waals surface area (Å²) in [4.78, 5) is 3.09. The maximum Gasteiger partial charge on any atom is 0.107 e. The smallest absolute Gasteiger partial charge is 0.107 e. The van der Waals surface area contributed by atoms with Gasteiger partial charge in [-0.3, -0.25) is 0 Å². The van der Waals surface area contributed by atoms with E-state index in [1.54, 1.807) is 6.92 Å². The van der Waals surface area contributed by atoms with Crippen molar-refractivity contribution in [3.8, 4) is 0 Å². The molecule has 1 aromatic heterocycles. The van der Waals surface area contributed by atoms with Gasteiger partial charge in [0.2, 0.25) is 0 Å². The molecule has 16 heavy (non-hydrogen) atoms. The Bertz CT molecular complexity index is 435. The van der Waals surface area contributed by atoms with Crippen molar-refractivity contribution in [3.63, 3.8) is 0 Å². The zero-order chi connectivity index (χ0) is 11.4. The first-order valence-electron chi connectivity index (χ1n) is 5.42. The van der Waals surface area contributed by atoms with Crippen LogP contribution >= 0.6 is 0 Å². The van der Waals surface area contributed by atoms with Gasteiger partial charge in [-0.2, -0.15) is 0 Å². The zero-order valence-corrected chi connectivity index (χ0v) is 9.27. The first kappa shape index (κ1) is 10.8. The number of hydrogen-bond donors (Lipinski definition) is 3. The van der Waals surface area contributed by atoms with Crippen molar-refractivity contribution in [2.45, 2.75) is 19.4 Å². The number of para-hydroxylation sites is 1. The van der Waals surface area contributed by atoms with Crippen LogP contribution in [0, 0.1) is 0 Å². The maximum atomic E-state index is 9.42. The molecule has 2 aromatic rings. The van der Waals surface area contributed by atoms with Crippen LogP contribution in [0.25, 0.3) is 0 Å². The van der Waals surface area contributed by atoms with E-state index in [1.165, 1.54) is 0 Å². The highest BCUT2D eigenvalue weighted by atomic mass is 16.3. The Hall–Kier alpha value is -1.74. The number of rotatable bonds is 4. The fourth-order valence-electron chi connectivity index (χ4n) is 1.69. The summed E-state index contributed by atoms with van der Waals surface area (Å²) in [7, 11) is 0. The molecule has 0 aliphatic rings. The third kappa shape index (κ3) is 2.64. The minimum atomic E-state index is -0.327. The van der Waals surface area contributed by atoms with Crippen LogP contribution < -0.4 is 5.32 Å². The first-order chi connectivity index (χ1) is 7.75. The Balaban J connectivity index is 2.19. The largest absolute Gasteiger partial charge is 0.393 e. The lowest BCUT2D eigenvalue weighted by Gasteiger charge is -2.12. The summed E-state index contributed by atoms with van der Waals surface area (Å²) in [6.07, 6.45) is 2.20. The second-order valence-electron chi connectivity index (χ2n) is 3.92. The Morgan fingerprint density at radius 3 is 2.75 bits per heavy atom. The highest BCUT2D eigenvalue weighted by molar-refractivity contribution is 5.60. The van der Waals surface area contributed by atoms with E-state index in [-0.39, 0.29) is 6.10 Å². The third-order valence-corrected chi connectivity index (χ3v) is 2.40. The molecule has 3 N–H and O–H groups in total. The van der Waals surface area contributed by atoms with Crippen LogP contribution in [-0.4, -0.2) is 16.2 Å². The van der Waals surface area contributed by atoms with E-state index in [0.29, 0.717) is 6.42 Å². The lowest BCUT2D eigenvalue weighted by atomic mass is 10.1. The van der Waals surface area contributed by atoms with Gasteiger partial charge in [0, 0.05) is 18.3 Å². The number of aromatic nitrogens is 1. The van der Waals surface area contributed by atoms with Crippen molar-refractivity contribution in [3.05, 3.63) is 48.2 Å². The van der Waals surface area contributed by atoms with Gasteiger partial charge in [-0.15, -0.1) is 0 Å². The van der Waals surface area contributed by atoms with E-state index in [1.807, 2.05) is 42.6 Å². The van der Waals surface area contributed by atoms with Gasteiger partial charge in [-0.1, -0.05) is 18.2 Å². The van der Waals surface area contributed by atoms with Gasteiger partial charge < -0.3 is 15.4 Å². The topological polar surface area (TPSA) is 48.0 Å². The van der Waals surface area contributed by atoms with Crippen LogP contribution in [0.2, 0.25) is 0 Å². The van der Waals surface area contributed by atoms with Gasteiger partial charge in [-0.25, -0.2) is 0 Å². The van der Waals surface area contributed by atoms with Gasteiger partial charge in [-0.05, 0) is 30.7 Å². The lowest BCUT2D eigenvalue weighted by Crippen LogP contribution is -2.06. The van der Waals surface area contributed by atoms with Gasteiger partial charge in [0.05, 0.1) is 6.10 Å². The van der Waals surface area contributed by atoms with Gasteiger partial charge in [0.15, 0.2) is 0 Å². The number of aromatic amines is 1. The Kier molecular flexibility index (Phi) is 3.27. The molecule has 0 saturated heterocycles. The Labute approximate surface area is 95.1 Å². The summed E-state index contributed by atoms with van der Waals surface area (Å²) in [5.74, 6) is 0.957. The maximum absolute atomic E-state index is 9.42. The lowest BCUT2D eigenvalue weighted by molar-refractivity contribution is 0.195. The van der Waals surface area contributed by atoms with Crippen LogP contribution in [-0.2, 0) is 6.42 Å². The average molecular weight is 216 g/mol. The fourth-order valence-corrected chi connectivity index (χ4v) is 1.69. The van der Waals surface area contributed by atoms with Crippen molar-refractivity contribution >= 4 is 11.5 Å². The van der Waals surface area contributed by atoms with E-state index >= 15 is 0 Å². The van der Waals surface area contributed by atoms with Crippen LogP contribution in [0.3, 0.4) is 0 Å². The van der Waals surface area contributed by atoms with Crippen LogP contribution in [0.1, 0.15) is 12.5 Å². The molecule has 0 aliphatic heterocycles. The van der Waals surface area contributed by atoms with E-state index in [4.69, 9.17) is 0 Å². The molecule has 1 heterocycles. The molecular weight excluding hydrogens is 200 g/mol. The normalized spacial score (nSPS) is 12.4. The van der Waals surface area contributed by atoms with Gasteiger partial charge >= 0.3 is 0 Å². The number of aliphatic hydroxyl groups excluding tert-OH is 1. The highest BCUT2D eigenvalue weighted by Gasteiger charge is 2.05. The Morgan fingerprint density at radius 1 is 1.25 bits per heavy atom. The highest BCUT2D eigenvalue weighted by Crippen LogP contribution is 2.20. The second kappa shape index (κ2) is 4.86. The molecule has 0 radical (unpaired) electrons. The number of H-pyrrole nitrogens is 1. The van der Waals surface area contributed by atoms with Crippen molar-refractivity contribution < 1.29 is 5.11 Å². The van der Waals surface area contributed by atoms with E-state index < -0.39 is 0 Å². The number of anilines is 2. The molecule has 0 saturated carbocycles. The standard InChI is InChI=1S/C13H16N2O/c1-10(16)9-11-5-2-3-6-12(11)15-13-7-4-8-14-13/h2-8,10,14-16H,9H2,1H3. The molecule has 0 fully saturated rings. The molecule has 84 valence electrons. The van der Waals surface area contributed by atoms with Crippen molar-refractivity contribution in [1.29, 1.82) is 0 Å². The first-order valence-corrected chi connectivity index (χ1v) is 5.42. The summed E-state index contributed by atoms with van der Waals surface area (Å²) in [6.45, 7) is 1.80. The number of aliphatic hydroxyl groups is 1. The predicted molar refractivity (Wildman–Crippen MR) is 65.9 cm³/mol. The SMILES string of the molecule is CC(O)Cc1ccccc1Nc1ccc[nH]1. The summed E-state index contributed by atoms with van der Waals surface area (Å²) in [5, 5.41) is 12.7. The number of nitrogens with one attached hydrogen (secondary N) is 2. The van der Waals surface area contributed by atoms with Crippen LogP contribution in [0.15, 0.2) is 42.6 Å². The summed E-state index contributed by atoms with van der Waals surface area (Å²) < 4.78 is 0. The molecule has 1 aromatic carbocycles. The third-order valence-electron chi connectivity index (χ3n) is 2.40. The molecule has 0 aliphatic carbocycles. The quantitative estimate of drug-likeness (QED) is 0.736. The number of benzene rings is 1. The van der Waals surface area contributed by atoms with Crippen LogP contribution in [0.5, 0.6) is 0 Å². The Morgan fingerprint density at radius 2 is 2.06 bits per heavy atom. The molecule has 0 bridgehead atoms. The van der Waals surface area contributed by atoms with E-state index in [2.05, 4.69) is 10.3 Å². The minimum Gasteiger partial charge on any atom is -0.393 e. The van der Waals surface area contributed by atoms with Crippen molar-refractivity contribution in [2.75, 3.05) is 5.32 Å². The summed E-state index contributed by atoms with van der Waals surface area (Å²) in [6, 6.07) is 11.9. The van der Waals surface area contributed by atoms with Gasteiger partial charge in [0.25, 0.3) is 0 Å². The number of hydrogen-bond acceptors (Lipinski definition) is 2. The van der Waals surface area contributed by atoms with Crippen molar-refractivity contribution in [1.82, 2.24) is 4.98 Å². The van der Waals surface area contributed by atoms with Crippen LogP contribution in [0.4, 0.5) is 11.5 Å². The molecule has 2 rings (SSSR count). The average Bonchev–Trinajstić information content (AvgIpc) is 2.73. The van der Waals surface area contributed by atoms with E-state index in [0.717, 1.165) is 17.1 Å². The fraction of sp³-hybridized carbons (Fsp3) is 0.231. The molecular formula is C13H16N2O. The summed E-state index contributed by atoms with van der Waals surface area (Å²) >= 11 is 0. The molecule has 0 spiro atoms. The molecule has 3 nitrogen and oxygen atoms in total. The predicted octanol–water partition coefficient (Wildman–Crippen LogP) is 2.68. The zero-order valence-electron chi connectivity index (χ0n) is 9.27. The molecule has 1 atom stereocenters. The minimum absolute atomic E-state index is 0.327. The summed E-state index contributed by atoms with van der Waals surface area (Å²) in [5.41, 5.74) is 2.15. The van der Waals surface area contributed by atoms with Gasteiger partial charge in [0.1, 0.15) is 5.82 Å².